The molecule has 0 saturated heterocycles. The van der Waals surface area contributed by atoms with Gasteiger partial charge < -0.3 is 10.1 Å². The van der Waals surface area contributed by atoms with Crippen molar-refractivity contribution in [2.75, 3.05) is 5.32 Å². The molecule has 124 valence electrons. The number of ether oxygens (including phenoxy) is 1. The fourth-order valence-electron chi connectivity index (χ4n) is 1.85. The first-order valence-electron chi connectivity index (χ1n) is 7.15. The van der Waals surface area contributed by atoms with Gasteiger partial charge in [0.25, 0.3) is 5.91 Å². The van der Waals surface area contributed by atoms with Crippen LogP contribution in [0, 0.1) is 5.82 Å². The predicted molar refractivity (Wildman–Crippen MR) is 91.1 cm³/mol. The van der Waals surface area contributed by atoms with Crippen LogP contribution < -0.4 is 5.32 Å². The second-order valence-electron chi connectivity index (χ2n) is 4.93. The largest absolute Gasteiger partial charge is 0.449 e. The normalized spacial score (nSPS) is 12.0. The highest BCUT2D eigenvalue weighted by atomic mass is 35.5. The Bertz CT molecular complexity index is 776. The van der Waals surface area contributed by atoms with Crippen molar-refractivity contribution < 1.29 is 18.7 Å². The van der Waals surface area contributed by atoms with Gasteiger partial charge in [-0.15, -0.1) is 0 Å². The molecule has 1 N–H and O–H groups in total. The summed E-state index contributed by atoms with van der Waals surface area (Å²) in [6.45, 7) is 1.44. The van der Waals surface area contributed by atoms with Crippen LogP contribution in [0.3, 0.4) is 0 Å². The first-order chi connectivity index (χ1) is 11.5. The highest BCUT2D eigenvalue weighted by Gasteiger charge is 2.16. The summed E-state index contributed by atoms with van der Waals surface area (Å²) >= 11 is 5.83. The molecule has 2 aromatic carbocycles. The minimum atomic E-state index is -1.01. The van der Waals surface area contributed by atoms with Crippen LogP contribution in [0.2, 0.25) is 5.02 Å². The Morgan fingerprint density at radius 1 is 1.21 bits per heavy atom. The molecule has 0 fully saturated rings. The zero-order chi connectivity index (χ0) is 17.5. The Hall–Kier alpha value is -2.66. The Kier molecular flexibility index (Phi) is 6.09. The van der Waals surface area contributed by atoms with Crippen molar-refractivity contribution in [2.45, 2.75) is 13.0 Å². The molecular formula is C18H15ClFNO3. The fourth-order valence-corrected chi connectivity index (χ4v) is 2.04. The number of hydrogen-bond acceptors (Lipinski definition) is 3. The van der Waals surface area contributed by atoms with Crippen molar-refractivity contribution in [3.05, 3.63) is 71.0 Å². The van der Waals surface area contributed by atoms with Gasteiger partial charge in [-0.05, 0) is 37.3 Å². The molecule has 0 aliphatic rings. The zero-order valence-electron chi connectivity index (χ0n) is 12.8. The van der Waals surface area contributed by atoms with Crippen molar-refractivity contribution in [1.29, 1.82) is 0 Å². The summed E-state index contributed by atoms with van der Waals surface area (Å²) in [7, 11) is 0. The number of halogens is 2. The van der Waals surface area contributed by atoms with E-state index in [1.54, 1.807) is 36.4 Å². The van der Waals surface area contributed by atoms with E-state index < -0.39 is 23.8 Å². The molecule has 2 aromatic rings. The van der Waals surface area contributed by atoms with E-state index in [1.807, 2.05) is 0 Å². The monoisotopic (exact) mass is 347 g/mol. The van der Waals surface area contributed by atoms with E-state index in [2.05, 4.69) is 5.32 Å². The average molecular weight is 348 g/mol. The van der Waals surface area contributed by atoms with Gasteiger partial charge in [-0.3, -0.25) is 4.79 Å². The molecule has 1 amide bonds. The molecule has 0 unspecified atom stereocenters. The second-order valence-corrected chi connectivity index (χ2v) is 5.37. The molecule has 4 nitrogen and oxygen atoms in total. The lowest BCUT2D eigenvalue weighted by Crippen LogP contribution is -2.29. The van der Waals surface area contributed by atoms with Gasteiger partial charge in [0.15, 0.2) is 6.10 Å². The number of anilines is 1. The van der Waals surface area contributed by atoms with Gasteiger partial charge in [0.2, 0.25) is 0 Å². The Morgan fingerprint density at radius 3 is 2.67 bits per heavy atom. The van der Waals surface area contributed by atoms with Crippen LogP contribution in [0.4, 0.5) is 10.1 Å². The van der Waals surface area contributed by atoms with E-state index in [0.717, 1.165) is 6.08 Å². The van der Waals surface area contributed by atoms with Crippen LogP contribution in [0.1, 0.15) is 12.5 Å². The molecule has 0 heterocycles. The van der Waals surface area contributed by atoms with Crippen molar-refractivity contribution in [2.24, 2.45) is 0 Å². The number of rotatable bonds is 5. The topological polar surface area (TPSA) is 55.4 Å². The first kappa shape index (κ1) is 17.7. The molecule has 0 bridgehead atoms. The molecular weight excluding hydrogens is 333 g/mol. The summed E-state index contributed by atoms with van der Waals surface area (Å²) in [6.07, 6.45) is 1.35. The van der Waals surface area contributed by atoms with Gasteiger partial charge in [0, 0.05) is 22.3 Å². The highest BCUT2D eigenvalue weighted by Crippen LogP contribution is 2.15. The van der Waals surface area contributed by atoms with Crippen LogP contribution in [-0.2, 0) is 14.3 Å². The van der Waals surface area contributed by atoms with Crippen LogP contribution in [0.5, 0.6) is 0 Å². The molecule has 0 aromatic heterocycles. The number of esters is 1. The van der Waals surface area contributed by atoms with E-state index in [-0.39, 0.29) is 5.56 Å². The van der Waals surface area contributed by atoms with Gasteiger partial charge in [-0.2, -0.15) is 0 Å². The van der Waals surface area contributed by atoms with Crippen LogP contribution in [-0.4, -0.2) is 18.0 Å². The van der Waals surface area contributed by atoms with Gasteiger partial charge in [-0.1, -0.05) is 35.9 Å². The molecule has 24 heavy (non-hydrogen) atoms. The van der Waals surface area contributed by atoms with Crippen molar-refractivity contribution in [1.82, 2.24) is 0 Å². The third kappa shape index (κ3) is 5.21. The molecule has 0 spiro atoms. The summed E-state index contributed by atoms with van der Waals surface area (Å²) in [4.78, 5) is 23.7. The van der Waals surface area contributed by atoms with Crippen LogP contribution >= 0.6 is 11.6 Å². The zero-order valence-corrected chi connectivity index (χ0v) is 13.6. The van der Waals surface area contributed by atoms with Gasteiger partial charge in [0.05, 0.1) is 0 Å². The smallest absolute Gasteiger partial charge is 0.331 e. The maximum absolute atomic E-state index is 13.4. The molecule has 0 saturated carbocycles. The van der Waals surface area contributed by atoms with Crippen LogP contribution in [0.15, 0.2) is 54.6 Å². The van der Waals surface area contributed by atoms with E-state index >= 15 is 0 Å². The van der Waals surface area contributed by atoms with Crippen molar-refractivity contribution >= 4 is 35.2 Å². The third-order valence-corrected chi connectivity index (χ3v) is 3.29. The van der Waals surface area contributed by atoms with Gasteiger partial charge in [-0.25, -0.2) is 9.18 Å². The molecule has 0 radical (unpaired) electrons. The minimum Gasteiger partial charge on any atom is -0.449 e. The predicted octanol–water partition coefficient (Wildman–Crippen LogP) is 4.06. The summed E-state index contributed by atoms with van der Waals surface area (Å²) in [5, 5.41) is 3.06. The van der Waals surface area contributed by atoms with E-state index in [4.69, 9.17) is 16.3 Å². The maximum Gasteiger partial charge on any atom is 0.331 e. The molecule has 2 rings (SSSR count). The summed E-state index contributed by atoms with van der Waals surface area (Å²) in [5.41, 5.74) is 0.753. The Morgan fingerprint density at radius 2 is 1.96 bits per heavy atom. The number of nitrogens with one attached hydrogen (secondary N) is 1. The lowest BCUT2D eigenvalue weighted by atomic mass is 10.2. The summed E-state index contributed by atoms with van der Waals surface area (Å²) in [6, 6.07) is 12.6. The number of carbonyl (C=O) groups is 2. The molecule has 6 heteroatoms. The Labute approximate surface area is 143 Å². The highest BCUT2D eigenvalue weighted by molar-refractivity contribution is 6.30. The quantitative estimate of drug-likeness (QED) is 0.655. The number of hydrogen-bond donors (Lipinski definition) is 1. The van der Waals surface area contributed by atoms with Crippen molar-refractivity contribution in [3.8, 4) is 0 Å². The average Bonchev–Trinajstić information content (AvgIpc) is 2.54. The number of benzene rings is 2. The SMILES string of the molecule is C[C@H](OC(=O)C=Cc1ccccc1F)C(=O)Nc1cccc(Cl)c1. The summed E-state index contributed by atoms with van der Waals surface area (Å²) < 4.78 is 18.4. The molecule has 1 atom stereocenters. The number of carbonyl (C=O) groups excluding carboxylic acids is 2. The third-order valence-electron chi connectivity index (χ3n) is 3.06. The fraction of sp³-hybridized carbons (Fsp3) is 0.111. The van der Waals surface area contributed by atoms with Crippen molar-refractivity contribution in [3.63, 3.8) is 0 Å². The van der Waals surface area contributed by atoms with E-state index in [1.165, 1.54) is 25.1 Å². The van der Waals surface area contributed by atoms with E-state index in [9.17, 15) is 14.0 Å². The Balaban J connectivity index is 1.91. The first-order valence-corrected chi connectivity index (χ1v) is 7.53. The summed E-state index contributed by atoms with van der Waals surface area (Å²) in [5.74, 6) is -1.69. The van der Waals surface area contributed by atoms with Gasteiger partial charge >= 0.3 is 5.97 Å². The lowest BCUT2D eigenvalue weighted by Gasteiger charge is -2.12. The van der Waals surface area contributed by atoms with Crippen LogP contribution in [0.25, 0.3) is 6.08 Å². The molecule has 0 aliphatic carbocycles. The number of amides is 1. The molecule has 0 aliphatic heterocycles. The minimum absolute atomic E-state index is 0.255. The van der Waals surface area contributed by atoms with E-state index in [0.29, 0.717) is 10.7 Å². The lowest BCUT2D eigenvalue weighted by molar-refractivity contribution is -0.148. The second kappa shape index (κ2) is 8.26. The standard InChI is InChI=1S/C18H15ClFNO3/c1-12(18(23)21-15-7-4-6-14(19)11-15)24-17(22)10-9-13-5-2-3-8-16(13)20/h2-12H,1H3,(H,21,23)/t12-/m0/s1. The van der Waals surface area contributed by atoms with Gasteiger partial charge in [0.1, 0.15) is 5.82 Å². The maximum atomic E-state index is 13.4.